The third kappa shape index (κ3) is 30.6. The van der Waals surface area contributed by atoms with Crippen molar-refractivity contribution in [3.05, 3.63) is 90.0 Å². The van der Waals surface area contributed by atoms with Gasteiger partial charge in [0.2, 0.25) is 65.0 Å². The highest BCUT2D eigenvalue weighted by molar-refractivity contribution is 7.80. The van der Waals surface area contributed by atoms with Crippen LogP contribution in [0, 0.1) is 11.8 Å². The molecule has 0 spiro atoms. The molecule has 0 unspecified atom stereocenters. The molecule has 3 aromatic rings. The van der Waals surface area contributed by atoms with Crippen molar-refractivity contribution in [2.24, 2.45) is 39.8 Å². The number of carbonyl (C=O) groups excluding carboxylic acids is 11. The van der Waals surface area contributed by atoms with Crippen LogP contribution in [0.1, 0.15) is 122 Å². The van der Waals surface area contributed by atoms with Gasteiger partial charge in [-0.2, -0.15) is 12.6 Å². The van der Waals surface area contributed by atoms with E-state index in [2.05, 4.69) is 80.8 Å². The number of aliphatic imine (C=N–C) groups is 1. The minimum absolute atomic E-state index is 0.0401. The number of aliphatic hydroxyl groups excluding tert-OH is 1. The molecule has 0 aliphatic heterocycles. The number of benzene rings is 2. The summed E-state index contributed by atoms with van der Waals surface area (Å²) in [6.07, 6.45) is 2.45. The zero-order chi connectivity index (χ0) is 72.9. The van der Waals surface area contributed by atoms with Gasteiger partial charge < -0.3 is 96.4 Å². The Bertz CT molecular complexity index is 3130. The molecule has 1 aromatic heterocycles. The lowest BCUT2D eigenvalue weighted by atomic mass is 9.95. The Balaban J connectivity index is 1.95. The molecule has 1 heterocycles. The number of carbonyl (C=O) groups is 13. The minimum Gasteiger partial charge on any atom is -0.481 e. The quantitative estimate of drug-likeness (QED) is 0.0117. The van der Waals surface area contributed by atoms with Gasteiger partial charge in [0.15, 0.2) is 5.96 Å². The average Bonchev–Trinajstić information content (AvgIpc) is 0.935. The number of nitrogens with zero attached hydrogens (tertiary/aromatic N) is 2. The van der Waals surface area contributed by atoms with Crippen molar-refractivity contribution in [2.75, 3.05) is 25.4 Å². The maximum Gasteiger partial charge on any atom is 0.303 e. The Morgan fingerprint density at radius 3 is 1.40 bits per heavy atom. The molecule has 22 N–H and O–H groups in total. The Morgan fingerprint density at radius 2 is 0.939 bits per heavy atom. The van der Waals surface area contributed by atoms with E-state index in [1.807, 2.05) is 0 Å². The van der Waals surface area contributed by atoms with Gasteiger partial charge in [0.1, 0.15) is 60.4 Å². The summed E-state index contributed by atoms with van der Waals surface area (Å²) >= 11 is 4.31. The van der Waals surface area contributed by atoms with Crippen molar-refractivity contribution >= 4 is 95.5 Å². The van der Waals surface area contributed by atoms with Crippen LogP contribution in [0.25, 0.3) is 0 Å². The third-order valence-corrected chi connectivity index (χ3v) is 16.3. The summed E-state index contributed by atoms with van der Waals surface area (Å²) in [5, 5.41) is 54.1. The number of thiol groups is 1. The van der Waals surface area contributed by atoms with Crippen LogP contribution in [-0.4, -0.2) is 194 Å². The van der Waals surface area contributed by atoms with Gasteiger partial charge in [-0.05, 0) is 61.5 Å². The smallest absolute Gasteiger partial charge is 0.303 e. The molecule has 0 fully saturated rings. The van der Waals surface area contributed by atoms with Crippen LogP contribution in [0.2, 0.25) is 0 Å². The zero-order valence-corrected chi connectivity index (χ0v) is 56.5. The monoisotopic (exact) mass is 1390 g/mol. The number of primary amides is 1. The second-order valence-electron chi connectivity index (χ2n) is 23.7. The van der Waals surface area contributed by atoms with Crippen molar-refractivity contribution in [3.63, 3.8) is 0 Å². The second kappa shape index (κ2) is 44.2. The number of unbranched alkanes of at least 4 members (excludes halogenated alkanes) is 2. The molecule has 98 heavy (non-hydrogen) atoms. The highest BCUT2D eigenvalue weighted by atomic mass is 32.1. The Hall–Kier alpha value is -9.70. The molecule has 0 aliphatic rings. The van der Waals surface area contributed by atoms with Crippen molar-refractivity contribution in [2.45, 2.75) is 184 Å². The van der Waals surface area contributed by atoms with E-state index in [1.165, 1.54) is 12.5 Å². The Morgan fingerprint density at radius 1 is 0.510 bits per heavy atom. The lowest BCUT2D eigenvalue weighted by Gasteiger charge is -2.30. The summed E-state index contributed by atoms with van der Waals surface area (Å²) in [6, 6.07) is 2.42. The number of H-pyrrole nitrogens is 1. The van der Waals surface area contributed by atoms with Crippen LogP contribution in [0.4, 0.5) is 0 Å². The van der Waals surface area contributed by atoms with Crippen LogP contribution in [0.3, 0.4) is 0 Å². The van der Waals surface area contributed by atoms with Gasteiger partial charge in [-0.3, -0.25) is 67.3 Å². The molecular weight excluding hydrogens is 1290 g/mol. The number of rotatable bonds is 47. The number of aromatic amines is 1. The van der Waals surface area contributed by atoms with Gasteiger partial charge in [0.05, 0.1) is 12.9 Å². The zero-order valence-electron chi connectivity index (χ0n) is 55.6. The van der Waals surface area contributed by atoms with E-state index in [0.717, 1.165) is 0 Å². The number of hydrogen-bond donors (Lipinski definition) is 19. The Labute approximate surface area is 573 Å². The van der Waals surface area contributed by atoms with Gasteiger partial charge >= 0.3 is 11.9 Å². The number of aliphatic hydroxyl groups is 1. The van der Waals surface area contributed by atoms with E-state index in [4.69, 9.17) is 28.0 Å². The number of imidazole rings is 1. The number of carboxylic acids is 2. The van der Waals surface area contributed by atoms with E-state index in [9.17, 15) is 72.5 Å². The van der Waals surface area contributed by atoms with E-state index in [-0.39, 0.29) is 76.2 Å². The van der Waals surface area contributed by atoms with Gasteiger partial charge in [0, 0.05) is 69.3 Å². The van der Waals surface area contributed by atoms with Gasteiger partial charge in [0.25, 0.3) is 0 Å². The predicted molar refractivity (Wildman–Crippen MR) is 362 cm³/mol. The van der Waals surface area contributed by atoms with Crippen molar-refractivity contribution in [3.8, 4) is 0 Å². The molecular formula is C64H97N17O16S. The lowest BCUT2D eigenvalue weighted by Crippen LogP contribution is -2.62. The summed E-state index contributed by atoms with van der Waals surface area (Å²) in [4.78, 5) is 187. The van der Waals surface area contributed by atoms with E-state index in [0.29, 0.717) is 36.1 Å². The summed E-state index contributed by atoms with van der Waals surface area (Å²) < 4.78 is 0. The average molecular weight is 1390 g/mol. The summed E-state index contributed by atoms with van der Waals surface area (Å²) in [5.41, 5.74) is 23.7. The number of aromatic nitrogens is 2. The summed E-state index contributed by atoms with van der Waals surface area (Å²) in [6.45, 7) is 6.15. The number of hydrogen-bond acceptors (Lipinski definition) is 18. The van der Waals surface area contributed by atoms with Gasteiger partial charge in [-0.15, -0.1) is 0 Å². The van der Waals surface area contributed by atoms with E-state index >= 15 is 0 Å². The van der Waals surface area contributed by atoms with E-state index < -0.39 is 181 Å². The fourth-order valence-corrected chi connectivity index (χ4v) is 10.1. The summed E-state index contributed by atoms with van der Waals surface area (Å²) in [5.74, 6) is -13.9. The number of nitrogens with one attached hydrogen (secondary N) is 11. The molecule has 12 atom stereocenters. The topological polar surface area (TPSA) is 548 Å². The van der Waals surface area contributed by atoms with Gasteiger partial charge in [-0.1, -0.05) is 108 Å². The van der Waals surface area contributed by atoms with Crippen LogP contribution >= 0.6 is 12.6 Å². The van der Waals surface area contributed by atoms with Crippen molar-refractivity contribution < 1.29 is 77.6 Å². The van der Waals surface area contributed by atoms with Crippen molar-refractivity contribution in [1.82, 2.24) is 63.1 Å². The second-order valence-corrected chi connectivity index (χ2v) is 24.1. The molecule has 540 valence electrons. The van der Waals surface area contributed by atoms with Crippen LogP contribution in [0.5, 0.6) is 0 Å². The molecule has 34 heteroatoms. The number of guanidine groups is 1. The highest BCUT2D eigenvalue weighted by Crippen LogP contribution is 2.16. The molecule has 0 aliphatic carbocycles. The molecule has 2 aromatic carbocycles. The fraction of sp³-hybridized carbons (Fsp3) is 0.547. The maximum atomic E-state index is 14.7. The molecule has 33 nitrogen and oxygen atoms in total. The lowest BCUT2D eigenvalue weighted by molar-refractivity contribution is -0.139. The first-order valence-electron chi connectivity index (χ1n) is 32.4. The normalized spacial score (nSPS) is 14.7. The Kier molecular flexibility index (Phi) is 37.2. The first kappa shape index (κ1) is 82.5. The highest BCUT2D eigenvalue weighted by Gasteiger charge is 2.38. The predicted octanol–water partition coefficient (Wildman–Crippen LogP) is -2.91. The number of aliphatic carboxylic acids is 2. The van der Waals surface area contributed by atoms with Crippen LogP contribution in [-0.2, 0) is 81.6 Å². The maximum absolute atomic E-state index is 14.7. The largest absolute Gasteiger partial charge is 0.481 e. The number of amides is 11. The standard InChI is InChI=1S/C64H97N17O16S/c1-5-36(3)52(81-61(95)48(34-98)79-59(93)46(30-39-19-12-8-13-20-39)76-56(90)44(24-26-51(86)87)73-54(88)41(65)33-82)62(96)75-43(23-25-49(66)83)57(91)80-53(37(4)6-2)63(97)78-47(31-40-32-69-35-72-40)60(94)77-45(29-38-17-10-7-11-18-38)58(92)74-42(21-16-28-71-64(67)68)55(89)70-27-15-9-14-22-50(84)85/h7-8,10-13,17-20,32,35-37,41-48,52-53,82,98H,5-6,9,14-16,21-31,33-34,65H2,1-4H3,(H2,66,83)(H,69,72)(H,70,89)(H,73,88)(H,74,92)(H,75,96)(H,76,90)(H,77,94)(H,78,97)(H,79,93)(H,80,91)(H,81,95)(H,84,85)(H,86,87)(H4,67,68,71)/t36-,37-,41-,42-,43-,44-,45-,46-,47-,48-,52-,53-/m0/s1. The van der Waals surface area contributed by atoms with Crippen LogP contribution in [0.15, 0.2) is 78.2 Å². The molecule has 0 bridgehead atoms. The first-order chi connectivity index (χ1) is 46.6. The third-order valence-electron chi connectivity index (χ3n) is 15.9. The van der Waals surface area contributed by atoms with Gasteiger partial charge in [-0.25, -0.2) is 4.98 Å². The molecule has 0 saturated heterocycles. The molecule has 3 rings (SSSR count). The molecule has 11 amide bonds. The first-order valence-corrected chi connectivity index (χ1v) is 33.0. The van der Waals surface area contributed by atoms with E-state index in [1.54, 1.807) is 88.4 Å². The van der Waals surface area contributed by atoms with Crippen molar-refractivity contribution in [1.29, 1.82) is 0 Å². The SMILES string of the molecule is CC[C@H](C)[C@H](NC(=O)[C@H](CCC(N)=O)NC(=O)[C@@H](NC(=O)[C@H](CS)NC(=O)[C@H](Cc1ccccc1)NC(=O)[C@H](CCC(=O)O)NC(=O)[C@@H](N)CO)[C@@H](C)CC)C(=O)N[C@@H](Cc1cnc[nH]1)C(=O)N[C@@H](Cc1ccccc1)C(=O)N[C@@H](CCCN=C(N)N)C(=O)NCCCCCC(=O)O. The minimum atomic E-state index is -1.60. The number of carboxylic acid groups (broad SMARTS) is 2. The molecule has 0 radical (unpaired) electrons. The number of nitrogens with two attached hydrogens (primary N) is 4. The molecule has 0 saturated carbocycles. The van der Waals surface area contributed by atoms with Crippen LogP contribution < -0.4 is 76.1 Å². The fourth-order valence-electron chi connectivity index (χ4n) is 9.80. The summed E-state index contributed by atoms with van der Waals surface area (Å²) in [7, 11) is 0.